The molecule has 2 heterocycles. The Morgan fingerprint density at radius 1 is 1.09 bits per heavy atom. The molecule has 1 fully saturated rings. The minimum atomic E-state index is -0.247. The van der Waals surface area contributed by atoms with E-state index < -0.39 is 0 Å². The summed E-state index contributed by atoms with van der Waals surface area (Å²) in [5.41, 5.74) is 1.53. The smallest absolute Gasteiger partial charge is 0.332 e. The van der Waals surface area contributed by atoms with Crippen molar-refractivity contribution in [3.8, 4) is 0 Å². The van der Waals surface area contributed by atoms with Crippen molar-refractivity contribution < 1.29 is 0 Å². The van der Waals surface area contributed by atoms with Gasteiger partial charge in [-0.3, -0.25) is 13.9 Å². The van der Waals surface area contributed by atoms with Crippen LogP contribution in [0.25, 0.3) is 11.2 Å². The van der Waals surface area contributed by atoms with Gasteiger partial charge in [-0.1, -0.05) is 74.0 Å². The maximum absolute atomic E-state index is 13.3. The van der Waals surface area contributed by atoms with E-state index in [-0.39, 0.29) is 17.2 Å². The summed E-state index contributed by atoms with van der Waals surface area (Å²) in [6.45, 7) is 5.17. The van der Waals surface area contributed by atoms with Crippen molar-refractivity contribution in [1.82, 2.24) is 19.1 Å². The Morgan fingerprint density at radius 3 is 2.50 bits per heavy atom. The zero-order chi connectivity index (χ0) is 22.7. The van der Waals surface area contributed by atoms with Gasteiger partial charge in [-0.2, -0.15) is 0 Å². The first-order valence-electron chi connectivity index (χ1n) is 11.9. The van der Waals surface area contributed by atoms with Crippen LogP contribution in [-0.2, 0) is 19.5 Å². The number of imidazole rings is 1. The molecule has 0 amide bonds. The molecule has 1 N–H and O–H groups in total. The van der Waals surface area contributed by atoms with Crippen LogP contribution in [0.1, 0.15) is 70.2 Å². The number of aromatic amines is 1. The zero-order valence-corrected chi connectivity index (χ0v) is 20.7. The Bertz CT molecular complexity index is 1170. The number of nitrogens with zero attached hydrogens (tertiary/aromatic N) is 3. The molecule has 0 radical (unpaired) electrons. The molecule has 7 heteroatoms. The van der Waals surface area contributed by atoms with Crippen LogP contribution in [0, 0.1) is 11.8 Å². The van der Waals surface area contributed by atoms with Crippen molar-refractivity contribution in [1.29, 1.82) is 0 Å². The normalized spacial score (nSPS) is 15.1. The summed E-state index contributed by atoms with van der Waals surface area (Å²) in [6, 6.07) is 8.04. The molecule has 1 saturated carbocycles. The minimum Gasteiger partial charge on any atom is -0.336 e. The number of fused-ring (bicyclic) bond motifs is 1. The van der Waals surface area contributed by atoms with Gasteiger partial charge in [-0.15, -0.1) is 0 Å². The second kappa shape index (κ2) is 10.2. The lowest BCUT2D eigenvalue weighted by Crippen LogP contribution is -2.41. The van der Waals surface area contributed by atoms with Crippen LogP contribution >= 0.6 is 15.9 Å². The van der Waals surface area contributed by atoms with Crippen molar-refractivity contribution >= 4 is 27.1 Å². The molecule has 0 saturated heterocycles. The number of hydrogen-bond acceptors (Lipinski definition) is 3. The average molecular weight is 501 g/mol. The number of hydrogen-bond donors (Lipinski definition) is 1. The Kier molecular flexibility index (Phi) is 7.33. The van der Waals surface area contributed by atoms with E-state index in [1.165, 1.54) is 36.7 Å². The maximum atomic E-state index is 13.3. The molecule has 0 aliphatic heterocycles. The SMILES string of the molecule is CC(C)Cn1c(=O)n(CCCC2CCCCC2)c(=O)c2[nH]c(Cc3ccc(Br)cc3)nc21. The summed E-state index contributed by atoms with van der Waals surface area (Å²) in [7, 11) is 0. The fraction of sp³-hybridized carbons (Fsp3) is 0.560. The zero-order valence-electron chi connectivity index (χ0n) is 19.1. The van der Waals surface area contributed by atoms with Crippen LogP contribution in [0.2, 0.25) is 0 Å². The molecule has 3 aromatic rings. The van der Waals surface area contributed by atoms with Gasteiger partial charge in [0.1, 0.15) is 11.3 Å². The van der Waals surface area contributed by atoms with E-state index in [0.29, 0.717) is 36.5 Å². The second-order valence-corrected chi connectivity index (χ2v) is 10.5. The predicted molar refractivity (Wildman–Crippen MR) is 132 cm³/mol. The second-order valence-electron chi connectivity index (χ2n) is 9.58. The monoisotopic (exact) mass is 500 g/mol. The summed E-state index contributed by atoms with van der Waals surface area (Å²) in [5.74, 6) is 1.72. The molecular formula is C25H33BrN4O2. The van der Waals surface area contributed by atoms with Gasteiger partial charge in [0.25, 0.3) is 5.56 Å². The Labute approximate surface area is 197 Å². The molecule has 4 rings (SSSR count). The minimum absolute atomic E-state index is 0.235. The van der Waals surface area contributed by atoms with Crippen molar-refractivity contribution in [2.24, 2.45) is 11.8 Å². The molecule has 0 spiro atoms. The summed E-state index contributed by atoms with van der Waals surface area (Å²) in [4.78, 5) is 34.5. The molecule has 32 heavy (non-hydrogen) atoms. The van der Waals surface area contributed by atoms with E-state index >= 15 is 0 Å². The van der Waals surface area contributed by atoms with Crippen LogP contribution in [0.5, 0.6) is 0 Å². The summed E-state index contributed by atoms with van der Waals surface area (Å²) in [5, 5.41) is 0. The number of nitrogens with one attached hydrogen (secondary N) is 1. The summed E-state index contributed by atoms with van der Waals surface area (Å²) >= 11 is 3.46. The molecule has 2 aromatic heterocycles. The Morgan fingerprint density at radius 2 is 1.81 bits per heavy atom. The highest BCUT2D eigenvalue weighted by Crippen LogP contribution is 2.27. The van der Waals surface area contributed by atoms with Gasteiger partial charge in [-0.25, -0.2) is 9.78 Å². The fourth-order valence-corrected chi connectivity index (χ4v) is 5.10. The number of H-pyrrole nitrogens is 1. The highest BCUT2D eigenvalue weighted by molar-refractivity contribution is 9.10. The molecule has 0 unspecified atom stereocenters. The number of rotatable bonds is 8. The molecule has 172 valence electrons. The lowest BCUT2D eigenvalue weighted by atomic mass is 9.86. The quantitative estimate of drug-likeness (QED) is 0.458. The van der Waals surface area contributed by atoms with Gasteiger partial charge in [0.2, 0.25) is 0 Å². The van der Waals surface area contributed by atoms with Crippen LogP contribution in [-0.4, -0.2) is 19.1 Å². The third-order valence-electron chi connectivity index (χ3n) is 6.46. The largest absolute Gasteiger partial charge is 0.336 e. The molecule has 0 bridgehead atoms. The van der Waals surface area contributed by atoms with Crippen molar-refractivity contribution in [3.63, 3.8) is 0 Å². The van der Waals surface area contributed by atoms with Crippen molar-refractivity contribution in [3.05, 3.63) is 61.0 Å². The van der Waals surface area contributed by atoms with E-state index in [2.05, 4.69) is 39.7 Å². The van der Waals surface area contributed by atoms with E-state index in [4.69, 9.17) is 0 Å². The number of halogens is 1. The van der Waals surface area contributed by atoms with Crippen LogP contribution < -0.4 is 11.2 Å². The lowest BCUT2D eigenvalue weighted by Gasteiger charge is -2.21. The fourth-order valence-electron chi connectivity index (χ4n) is 4.83. The molecule has 1 aromatic carbocycles. The third kappa shape index (κ3) is 5.25. The molecule has 6 nitrogen and oxygen atoms in total. The maximum Gasteiger partial charge on any atom is 0.332 e. The molecule has 1 aliphatic rings. The van der Waals surface area contributed by atoms with Crippen LogP contribution in [0.15, 0.2) is 38.3 Å². The van der Waals surface area contributed by atoms with E-state index in [9.17, 15) is 9.59 Å². The van der Waals surface area contributed by atoms with E-state index in [1.807, 2.05) is 24.3 Å². The predicted octanol–water partition coefficient (Wildman–Crippen LogP) is 5.26. The number of aromatic nitrogens is 4. The highest BCUT2D eigenvalue weighted by Gasteiger charge is 2.19. The van der Waals surface area contributed by atoms with Crippen molar-refractivity contribution in [2.45, 2.75) is 78.3 Å². The van der Waals surface area contributed by atoms with Crippen LogP contribution in [0.3, 0.4) is 0 Å². The standard InChI is InChI=1S/C25H33BrN4O2/c1-17(2)16-30-23-22(27-21(28-23)15-19-10-12-20(26)13-11-19)24(31)29(25(30)32)14-6-9-18-7-4-3-5-8-18/h10-13,17-18H,3-9,14-16H2,1-2H3,(H,27,28). The molecule has 1 aliphatic carbocycles. The van der Waals surface area contributed by atoms with Gasteiger partial charge < -0.3 is 4.98 Å². The first kappa shape index (κ1) is 23.0. The van der Waals surface area contributed by atoms with Gasteiger partial charge in [-0.05, 0) is 42.4 Å². The first-order chi connectivity index (χ1) is 15.4. The van der Waals surface area contributed by atoms with Gasteiger partial charge in [0, 0.05) is 24.0 Å². The molecule has 0 atom stereocenters. The first-order valence-corrected chi connectivity index (χ1v) is 12.7. The van der Waals surface area contributed by atoms with Gasteiger partial charge >= 0.3 is 5.69 Å². The van der Waals surface area contributed by atoms with E-state index in [1.54, 1.807) is 4.57 Å². The van der Waals surface area contributed by atoms with E-state index in [0.717, 1.165) is 28.8 Å². The van der Waals surface area contributed by atoms with Gasteiger partial charge in [0.05, 0.1) is 0 Å². The highest BCUT2D eigenvalue weighted by atomic mass is 79.9. The Balaban J connectivity index is 1.64. The topological polar surface area (TPSA) is 72.7 Å². The third-order valence-corrected chi connectivity index (χ3v) is 6.99. The summed E-state index contributed by atoms with van der Waals surface area (Å²) < 4.78 is 4.13. The number of benzene rings is 1. The Hall–Kier alpha value is -2.15. The lowest BCUT2D eigenvalue weighted by molar-refractivity contribution is 0.323. The summed E-state index contributed by atoms with van der Waals surface area (Å²) in [6.07, 6.45) is 9.07. The molecular weight excluding hydrogens is 468 g/mol. The average Bonchev–Trinajstić information content (AvgIpc) is 3.20. The van der Waals surface area contributed by atoms with Crippen LogP contribution in [0.4, 0.5) is 0 Å². The van der Waals surface area contributed by atoms with Crippen molar-refractivity contribution in [2.75, 3.05) is 0 Å². The van der Waals surface area contributed by atoms with Gasteiger partial charge in [0.15, 0.2) is 5.65 Å².